The Hall–Kier alpha value is -1.82. The number of aryl methyl sites for hydroxylation is 1. The van der Waals surface area contributed by atoms with Gasteiger partial charge in [-0.05, 0) is 43.5 Å². The summed E-state index contributed by atoms with van der Waals surface area (Å²) in [7, 11) is -3.63. The minimum atomic E-state index is -3.63. The van der Waals surface area contributed by atoms with Crippen LogP contribution in [0, 0.1) is 6.92 Å². The maximum absolute atomic E-state index is 12.6. The van der Waals surface area contributed by atoms with Gasteiger partial charge in [0.15, 0.2) is 0 Å². The summed E-state index contributed by atoms with van der Waals surface area (Å²) >= 11 is 6.05. The summed E-state index contributed by atoms with van der Waals surface area (Å²) in [6, 6.07) is 14.7. The molecular formula is C19H19ClN2O2S. The molecule has 1 aliphatic rings. The van der Waals surface area contributed by atoms with Gasteiger partial charge in [0, 0.05) is 28.6 Å². The molecule has 3 aromatic rings. The van der Waals surface area contributed by atoms with Gasteiger partial charge < -0.3 is 4.98 Å². The first-order valence-electron chi connectivity index (χ1n) is 8.25. The number of H-pyrrole nitrogens is 1. The molecule has 0 bridgehead atoms. The van der Waals surface area contributed by atoms with Crippen molar-refractivity contribution in [3.05, 3.63) is 64.8 Å². The van der Waals surface area contributed by atoms with Crippen LogP contribution < -0.4 is 4.72 Å². The highest BCUT2D eigenvalue weighted by molar-refractivity contribution is 7.89. The number of sulfonamides is 1. The second kappa shape index (κ2) is 5.87. The topological polar surface area (TPSA) is 62.0 Å². The molecule has 1 fully saturated rings. The van der Waals surface area contributed by atoms with Crippen molar-refractivity contribution in [2.24, 2.45) is 0 Å². The van der Waals surface area contributed by atoms with E-state index in [1.807, 2.05) is 12.1 Å². The molecule has 25 heavy (non-hydrogen) atoms. The monoisotopic (exact) mass is 374 g/mol. The summed E-state index contributed by atoms with van der Waals surface area (Å²) in [6.45, 7) is 2.43. The smallest absolute Gasteiger partial charge is 0.242 e. The van der Waals surface area contributed by atoms with Crippen molar-refractivity contribution in [2.75, 3.05) is 6.54 Å². The summed E-state index contributed by atoms with van der Waals surface area (Å²) in [5.74, 6) is 0. The van der Waals surface area contributed by atoms with Gasteiger partial charge in [-0.1, -0.05) is 41.9 Å². The second-order valence-electron chi connectivity index (χ2n) is 6.71. The molecule has 0 amide bonds. The molecule has 0 radical (unpaired) electrons. The number of nitrogens with one attached hydrogen (secondary N) is 2. The third-order valence-corrected chi connectivity index (χ3v) is 6.91. The number of para-hydroxylation sites is 1. The SMILES string of the molecule is Cc1[nH]c2ccccc2c1C1(CNS(=O)(=O)c2ccccc2Cl)CC1. The number of rotatable bonds is 5. The lowest BCUT2D eigenvalue weighted by Crippen LogP contribution is -2.32. The van der Waals surface area contributed by atoms with Crippen molar-refractivity contribution in [1.82, 2.24) is 9.71 Å². The van der Waals surface area contributed by atoms with E-state index in [9.17, 15) is 8.42 Å². The van der Waals surface area contributed by atoms with Crippen LogP contribution in [0.25, 0.3) is 10.9 Å². The molecule has 4 rings (SSSR count). The maximum atomic E-state index is 12.6. The molecule has 1 heterocycles. The Balaban J connectivity index is 1.65. The lowest BCUT2D eigenvalue weighted by atomic mass is 9.93. The van der Waals surface area contributed by atoms with Crippen molar-refractivity contribution in [3.8, 4) is 0 Å². The summed E-state index contributed by atoms with van der Waals surface area (Å²) in [5.41, 5.74) is 3.29. The maximum Gasteiger partial charge on any atom is 0.242 e. The van der Waals surface area contributed by atoms with Gasteiger partial charge in [0.25, 0.3) is 0 Å². The molecule has 4 nitrogen and oxygen atoms in total. The van der Waals surface area contributed by atoms with Crippen LogP contribution in [0.5, 0.6) is 0 Å². The molecule has 0 spiro atoms. The Morgan fingerprint density at radius 3 is 2.52 bits per heavy atom. The number of fused-ring (bicyclic) bond motifs is 1. The fourth-order valence-electron chi connectivity index (χ4n) is 3.60. The molecule has 2 N–H and O–H groups in total. The lowest BCUT2D eigenvalue weighted by molar-refractivity contribution is 0.567. The highest BCUT2D eigenvalue weighted by Gasteiger charge is 2.47. The van der Waals surface area contributed by atoms with Crippen LogP contribution in [-0.2, 0) is 15.4 Å². The van der Waals surface area contributed by atoms with Crippen molar-refractivity contribution < 1.29 is 8.42 Å². The minimum Gasteiger partial charge on any atom is -0.358 e. The Labute approximate surface area is 152 Å². The van der Waals surface area contributed by atoms with E-state index in [0.717, 1.165) is 24.1 Å². The predicted octanol–water partition coefficient (Wildman–Crippen LogP) is 4.14. The van der Waals surface area contributed by atoms with Gasteiger partial charge in [-0.3, -0.25) is 0 Å². The molecule has 0 aliphatic heterocycles. The Bertz CT molecular complexity index is 1050. The largest absolute Gasteiger partial charge is 0.358 e. The van der Waals surface area contributed by atoms with Crippen molar-refractivity contribution in [1.29, 1.82) is 0 Å². The van der Waals surface area contributed by atoms with E-state index in [2.05, 4.69) is 28.8 Å². The van der Waals surface area contributed by atoms with E-state index in [0.29, 0.717) is 6.54 Å². The molecule has 1 aromatic heterocycles. The van der Waals surface area contributed by atoms with Crippen LogP contribution in [0.1, 0.15) is 24.1 Å². The average Bonchev–Trinajstić information content (AvgIpc) is 3.28. The molecule has 1 saturated carbocycles. The molecule has 1 aliphatic carbocycles. The van der Waals surface area contributed by atoms with Gasteiger partial charge >= 0.3 is 0 Å². The zero-order valence-electron chi connectivity index (χ0n) is 13.8. The van der Waals surface area contributed by atoms with E-state index in [4.69, 9.17) is 11.6 Å². The van der Waals surface area contributed by atoms with E-state index >= 15 is 0 Å². The van der Waals surface area contributed by atoms with Gasteiger partial charge in [-0.2, -0.15) is 0 Å². The van der Waals surface area contributed by atoms with E-state index < -0.39 is 10.0 Å². The van der Waals surface area contributed by atoms with E-state index in [-0.39, 0.29) is 15.3 Å². The highest BCUT2D eigenvalue weighted by Crippen LogP contribution is 2.51. The van der Waals surface area contributed by atoms with E-state index in [1.54, 1.807) is 18.2 Å². The van der Waals surface area contributed by atoms with Gasteiger partial charge in [0.2, 0.25) is 10.0 Å². The minimum absolute atomic E-state index is 0.128. The van der Waals surface area contributed by atoms with Crippen LogP contribution in [0.3, 0.4) is 0 Å². The van der Waals surface area contributed by atoms with Gasteiger partial charge in [-0.25, -0.2) is 13.1 Å². The van der Waals surface area contributed by atoms with Crippen molar-refractivity contribution >= 4 is 32.5 Å². The van der Waals surface area contributed by atoms with Gasteiger partial charge in [0.1, 0.15) is 4.90 Å². The number of aromatic amines is 1. The molecule has 0 unspecified atom stereocenters. The Morgan fingerprint density at radius 2 is 1.80 bits per heavy atom. The zero-order valence-corrected chi connectivity index (χ0v) is 15.4. The first kappa shape index (κ1) is 16.6. The molecule has 0 atom stereocenters. The third-order valence-electron chi connectivity index (χ3n) is 5.00. The quantitative estimate of drug-likeness (QED) is 0.705. The fraction of sp³-hybridized carbons (Fsp3) is 0.263. The first-order chi connectivity index (χ1) is 11.9. The highest BCUT2D eigenvalue weighted by atomic mass is 35.5. The summed E-state index contributed by atoms with van der Waals surface area (Å²) in [4.78, 5) is 3.54. The van der Waals surface area contributed by atoms with Crippen LogP contribution in [0.15, 0.2) is 53.4 Å². The van der Waals surface area contributed by atoms with Gasteiger partial charge in [0.05, 0.1) is 5.02 Å². The van der Waals surface area contributed by atoms with Crippen LogP contribution in [0.2, 0.25) is 5.02 Å². The summed E-state index contributed by atoms with van der Waals surface area (Å²) in [5, 5.41) is 1.41. The number of hydrogen-bond acceptors (Lipinski definition) is 2. The number of halogens is 1. The van der Waals surface area contributed by atoms with Crippen molar-refractivity contribution in [3.63, 3.8) is 0 Å². The molecule has 130 valence electrons. The second-order valence-corrected chi connectivity index (χ2v) is 8.85. The lowest BCUT2D eigenvalue weighted by Gasteiger charge is -2.18. The zero-order chi connectivity index (χ0) is 17.7. The van der Waals surface area contributed by atoms with E-state index in [1.165, 1.54) is 17.0 Å². The van der Waals surface area contributed by atoms with Crippen LogP contribution in [0.4, 0.5) is 0 Å². The van der Waals surface area contributed by atoms with Crippen LogP contribution >= 0.6 is 11.6 Å². The average molecular weight is 375 g/mol. The number of aromatic nitrogens is 1. The Morgan fingerprint density at radius 1 is 1.12 bits per heavy atom. The molecule has 6 heteroatoms. The van der Waals surface area contributed by atoms with Crippen LogP contribution in [-0.4, -0.2) is 19.9 Å². The standard InChI is InChI=1S/C19H19ClN2O2S/c1-13-18(14-6-2-4-8-16(14)22-13)19(10-11-19)12-21-25(23,24)17-9-5-3-7-15(17)20/h2-9,21-22H,10-12H2,1H3. The first-order valence-corrected chi connectivity index (χ1v) is 10.1. The molecule has 0 saturated heterocycles. The fourth-order valence-corrected chi connectivity index (χ4v) is 5.24. The third kappa shape index (κ3) is 2.86. The summed E-state index contributed by atoms with van der Waals surface area (Å²) in [6.07, 6.45) is 1.95. The van der Waals surface area contributed by atoms with Crippen molar-refractivity contribution in [2.45, 2.75) is 30.1 Å². The number of benzene rings is 2. The normalized spacial score (nSPS) is 16.2. The van der Waals surface area contributed by atoms with Gasteiger partial charge in [-0.15, -0.1) is 0 Å². The predicted molar refractivity (Wildman–Crippen MR) is 101 cm³/mol. The molecular weight excluding hydrogens is 356 g/mol. The summed E-state index contributed by atoms with van der Waals surface area (Å²) < 4.78 is 28.1. The number of hydrogen-bond donors (Lipinski definition) is 2. The Kier molecular flexibility index (Phi) is 3.90. The molecule has 2 aromatic carbocycles.